The van der Waals surface area contributed by atoms with Crippen LogP contribution in [0.1, 0.15) is 13.8 Å². The first-order valence-corrected chi connectivity index (χ1v) is 3.43. The van der Waals surface area contributed by atoms with Gasteiger partial charge < -0.3 is 10.4 Å². The molecule has 1 rings (SSSR count). The second-order valence-corrected chi connectivity index (χ2v) is 3.54. The molecule has 4 nitrogen and oxygen atoms in total. The molecule has 1 unspecified atom stereocenters. The minimum absolute atomic E-state index is 0.123. The Balaban J connectivity index is 2.56. The molecule has 1 heterocycles. The first-order chi connectivity index (χ1) is 4.41. The van der Waals surface area contributed by atoms with Crippen LogP contribution >= 0.6 is 0 Å². The summed E-state index contributed by atoms with van der Waals surface area (Å²) in [6, 6.07) is 0. The normalized spacial score (nSPS) is 39.6. The highest BCUT2D eigenvalue weighted by atomic mass is 16.3. The summed E-state index contributed by atoms with van der Waals surface area (Å²) < 4.78 is 0. The maximum Gasteiger partial charge on any atom is 0.182 e. The van der Waals surface area contributed by atoms with E-state index in [1.54, 1.807) is 0 Å². The molecule has 10 heavy (non-hydrogen) atoms. The van der Waals surface area contributed by atoms with Gasteiger partial charge >= 0.3 is 0 Å². The van der Waals surface area contributed by atoms with E-state index in [1.807, 2.05) is 13.8 Å². The molecular weight excluding hydrogens is 130 g/mol. The molecule has 60 valence electrons. The van der Waals surface area contributed by atoms with Crippen molar-refractivity contribution in [3.63, 3.8) is 0 Å². The topological polar surface area (TPSA) is 70.3 Å². The molecule has 0 aromatic rings. The van der Waals surface area contributed by atoms with Crippen LogP contribution in [0.2, 0.25) is 0 Å². The smallest absolute Gasteiger partial charge is 0.182 e. The highest BCUT2D eigenvalue weighted by molar-refractivity contribution is 4.91. The molecule has 0 aromatic carbocycles. The number of aliphatic hydroxyl groups is 1. The summed E-state index contributed by atoms with van der Waals surface area (Å²) in [4.78, 5) is 0. The van der Waals surface area contributed by atoms with Gasteiger partial charge in [-0.1, -0.05) is 0 Å². The fourth-order valence-corrected chi connectivity index (χ4v) is 1.24. The first kappa shape index (κ1) is 7.94. The summed E-state index contributed by atoms with van der Waals surface area (Å²) >= 11 is 0. The number of nitrogens with two attached hydrogens (primary N) is 1. The number of nitrogens with one attached hydrogen (secondary N) is 2. The van der Waals surface area contributed by atoms with Crippen LogP contribution < -0.4 is 16.4 Å². The average molecular weight is 145 g/mol. The lowest BCUT2D eigenvalue weighted by molar-refractivity contribution is -0.0336. The quantitative estimate of drug-likeness (QED) is 0.315. The van der Waals surface area contributed by atoms with Crippen LogP contribution in [0.3, 0.4) is 0 Å². The summed E-state index contributed by atoms with van der Waals surface area (Å²) in [6.45, 7) is 5.19. The molecule has 1 fully saturated rings. The maximum atomic E-state index is 9.31. The SMILES string of the molecule is CC1(C)CNCC(N)(O)N1. The zero-order valence-electron chi connectivity index (χ0n) is 6.44. The second-order valence-electron chi connectivity index (χ2n) is 3.54. The van der Waals surface area contributed by atoms with Gasteiger partial charge in [-0.05, 0) is 13.8 Å². The van der Waals surface area contributed by atoms with Crippen LogP contribution in [0, 0.1) is 0 Å². The van der Waals surface area contributed by atoms with Crippen molar-refractivity contribution in [3.8, 4) is 0 Å². The summed E-state index contributed by atoms with van der Waals surface area (Å²) in [7, 11) is 0. The third kappa shape index (κ3) is 1.91. The number of hydrogen-bond donors (Lipinski definition) is 4. The molecular formula is C6H15N3O. The minimum Gasteiger partial charge on any atom is -0.362 e. The van der Waals surface area contributed by atoms with E-state index < -0.39 is 5.85 Å². The van der Waals surface area contributed by atoms with E-state index >= 15 is 0 Å². The van der Waals surface area contributed by atoms with Crippen molar-refractivity contribution >= 4 is 0 Å². The molecule has 0 amide bonds. The number of β-amino-alcohol motifs (C(OH)–C–C–N with tert-alkyl or cyclic N) is 1. The average Bonchev–Trinajstić information content (AvgIpc) is 1.56. The van der Waals surface area contributed by atoms with Gasteiger partial charge in [-0.3, -0.25) is 11.1 Å². The van der Waals surface area contributed by atoms with E-state index in [0.29, 0.717) is 6.54 Å². The molecule has 0 aliphatic carbocycles. The van der Waals surface area contributed by atoms with Gasteiger partial charge in [-0.15, -0.1) is 0 Å². The Kier molecular flexibility index (Phi) is 1.72. The molecule has 0 radical (unpaired) electrons. The Bertz CT molecular complexity index is 119. The van der Waals surface area contributed by atoms with Crippen LogP contribution in [0.5, 0.6) is 0 Å². The summed E-state index contributed by atoms with van der Waals surface area (Å²) in [6.07, 6.45) is 0. The molecule has 0 spiro atoms. The highest BCUT2D eigenvalue weighted by Gasteiger charge is 2.33. The van der Waals surface area contributed by atoms with Crippen molar-refractivity contribution in [2.75, 3.05) is 13.1 Å². The van der Waals surface area contributed by atoms with Crippen molar-refractivity contribution in [1.29, 1.82) is 0 Å². The Morgan fingerprint density at radius 3 is 2.30 bits per heavy atom. The zero-order valence-corrected chi connectivity index (χ0v) is 6.44. The van der Waals surface area contributed by atoms with Crippen molar-refractivity contribution in [2.45, 2.75) is 25.2 Å². The van der Waals surface area contributed by atoms with Crippen LogP contribution in [-0.4, -0.2) is 29.6 Å². The van der Waals surface area contributed by atoms with E-state index in [4.69, 9.17) is 5.73 Å². The Labute approximate surface area is 60.8 Å². The van der Waals surface area contributed by atoms with Gasteiger partial charge in [0.1, 0.15) is 0 Å². The van der Waals surface area contributed by atoms with Crippen molar-refractivity contribution < 1.29 is 5.11 Å². The lowest BCUT2D eigenvalue weighted by atomic mass is 10.0. The first-order valence-electron chi connectivity index (χ1n) is 3.43. The molecule has 0 aromatic heterocycles. The van der Waals surface area contributed by atoms with Crippen LogP contribution in [0.15, 0.2) is 0 Å². The molecule has 1 aliphatic heterocycles. The minimum atomic E-state index is -1.25. The van der Waals surface area contributed by atoms with E-state index in [2.05, 4.69) is 10.6 Å². The summed E-state index contributed by atoms with van der Waals surface area (Å²) in [5.41, 5.74) is 5.31. The van der Waals surface area contributed by atoms with Crippen LogP contribution in [0.4, 0.5) is 0 Å². The van der Waals surface area contributed by atoms with Gasteiger partial charge in [0.15, 0.2) is 5.85 Å². The third-order valence-corrected chi connectivity index (χ3v) is 1.52. The van der Waals surface area contributed by atoms with E-state index in [9.17, 15) is 5.11 Å². The predicted octanol–water partition coefficient (Wildman–Crippen LogP) is -1.44. The summed E-state index contributed by atoms with van der Waals surface area (Å²) in [5.74, 6) is -1.25. The molecule has 1 aliphatic rings. The van der Waals surface area contributed by atoms with Crippen LogP contribution in [0.25, 0.3) is 0 Å². The lowest BCUT2D eigenvalue weighted by Crippen LogP contribution is -2.72. The predicted molar refractivity (Wildman–Crippen MR) is 39.2 cm³/mol. The molecule has 1 atom stereocenters. The lowest BCUT2D eigenvalue weighted by Gasteiger charge is -2.41. The standard InChI is InChI=1S/C6H15N3O/c1-5(2)3-8-4-6(7,10)9-5/h8-10H,3-4,7H2,1-2H3. The number of piperazine rings is 1. The van der Waals surface area contributed by atoms with Gasteiger partial charge in [0.25, 0.3) is 0 Å². The maximum absolute atomic E-state index is 9.31. The van der Waals surface area contributed by atoms with Gasteiger partial charge in [0.05, 0.1) is 6.54 Å². The fraction of sp³-hybridized carbons (Fsp3) is 1.00. The van der Waals surface area contributed by atoms with Crippen molar-refractivity contribution in [2.24, 2.45) is 5.73 Å². The molecule has 0 saturated carbocycles. The molecule has 4 heteroatoms. The van der Waals surface area contributed by atoms with E-state index in [-0.39, 0.29) is 5.54 Å². The monoisotopic (exact) mass is 145 g/mol. The largest absolute Gasteiger partial charge is 0.362 e. The number of hydrogen-bond acceptors (Lipinski definition) is 4. The van der Waals surface area contributed by atoms with Crippen molar-refractivity contribution in [3.05, 3.63) is 0 Å². The third-order valence-electron chi connectivity index (χ3n) is 1.52. The fourth-order valence-electron chi connectivity index (χ4n) is 1.24. The van der Waals surface area contributed by atoms with Gasteiger partial charge in [-0.25, -0.2) is 0 Å². The Hall–Kier alpha value is -0.160. The Morgan fingerprint density at radius 2 is 2.00 bits per heavy atom. The van der Waals surface area contributed by atoms with Gasteiger partial charge in [-0.2, -0.15) is 0 Å². The molecule has 0 bridgehead atoms. The highest BCUT2D eigenvalue weighted by Crippen LogP contribution is 2.08. The van der Waals surface area contributed by atoms with Crippen LogP contribution in [-0.2, 0) is 0 Å². The zero-order chi connectivity index (χ0) is 7.83. The van der Waals surface area contributed by atoms with Gasteiger partial charge in [0.2, 0.25) is 0 Å². The molecule has 1 saturated heterocycles. The van der Waals surface area contributed by atoms with Crippen molar-refractivity contribution in [1.82, 2.24) is 10.6 Å². The second kappa shape index (κ2) is 2.17. The summed E-state index contributed by atoms with van der Waals surface area (Å²) in [5, 5.41) is 15.2. The molecule has 5 N–H and O–H groups in total. The van der Waals surface area contributed by atoms with E-state index in [0.717, 1.165) is 6.54 Å². The Morgan fingerprint density at radius 1 is 1.40 bits per heavy atom. The number of rotatable bonds is 0. The van der Waals surface area contributed by atoms with E-state index in [1.165, 1.54) is 0 Å². The van der Waals surface area contributed by atoms with Gasteiger partial charge in [0, 0.05) is 12.1 Å².